The van der Waals surface area contributed by atoms with Crippen molar-refractivity contribution in [1.82, 2.24) is 20.1 Å². The number of halogens is 1. The van der Waals surface area contributed by atoms with Crippen LogP contribution in [0.1, 0.15) is 0 Å². The molecule has 3 aromatic rings. The van der Waals surface area contributed by atoms with Crippen molar-refractivity contribution in [2.75, 3.05) is 38.1 Å². The summed E-state index contributed by atoms with van der Waals surface area (Å²) in [7, 11) is 2.13. The van der Waals surface area contributed by atoms with Crippen LogP contribution in [0.5, 0.6) is 5.75 Å². The van der Waals surface area contributed by atoms with Gasteiger partial charge in [-0.3, -0.25) is 10.0 Å². The van der Waals surface area contributed by atoms with E-state index in [9.17, 15) is 4.53 Å². The molecule has 3 heterocycles. The number of benzene rings is 1. The van der Waals surface area contributed by atoms with Crippen LogP contribution in [-0.2, 0) is 0 Å². The van der Waals surface area contributed by atoms with E-state index in [1.165, 1.54) is 0 Å². The number of pyridine rings is 1. The molecule has 0 atom stereocenters. The lowest BCUT2D eigenvalue weighted by atomic mass is 10.1. The van der Waals surface area contributed by atoms with Gasteiger partial charge in [0.25, 0.3) is 0 Å². The number of hydrogen-bond donors (Lipinski definition) is 1. The third kappa shape index (κ3) is 2.67. The number of fused-ring (bicyclic) bond motifs is 1. The van der Waals surface area contributed by atoms with Crippen LogP contribution >= 0.6 is 0 Å². The number of nitrogens with one attached hydrogen (secondary N) is 1. The van der Waals surface area contributed by atoms with Crippen molar-refractivity contribution in [2.24, 2.45) is 0 Å². The van der Waals surface area contributed by atoms with Crippen LogP contribution in [0.15, 0.2) is 36.5 Å². The molecule has 1 aliphatic heterocycles. The second-order valence-electron chi connectivity index (χ2n) is 6.05. The summed E-state index contributed by atoms with van der Waals surface area (Å²) in [5.74, 6) is 1.10. The van der Waals surface area contributed by atoms with E-state index in [0.717, 1.165) is 54.2 Å². The first-order valence-electron chi connectivity index (χ1n) is 7.91. The molecule has 1 N–H and O–H groups in total. The zero-order valence-corrected chi connectivity index (χ0v) is 13.4. The average molecular weight is 327 g/mol. The smallest absolute Gasteiger partial charge is 0.172 e. The van der Waals surface area contributed by atoms with Gasteiger partial charge in [-0.05, 0) is 37.4 Å². The molecule has 0 saturated carbocycles. The minimum atomic E-state index is 0.165. The van der Waals surface area contributed by atoms with Gasteiger partial charge in [0.15, 0.2) is 5.75 Å². The SMILES string of the molecule is CN1CCN(c2cc(-c3n[nH]c4ccc(OF)cc34)ccn2)CC1. The summed E-state index contributed by atoms with van der Waals surface area (Å²) < 4.78 is 12.5. The van der Waals surface area contributed by atoms with E-state index in [1.807, 2.05) is 12.1 Å². The van der Waals surface area contributed by atoms with Crippen molar-refractivity contribution in [2.45, 2.75) is 0 Å². The van der Waals surface area contributed by atoms with Crippen molar-refractivity contribution in [3.8, 4) is 17.0 Å². The number of rotatable bonds is 3. The Balaban J connectivity index is 1.71. The lowest BCUT2D eigenvalue weighted by Gasteiger charge is -2.33. The van der Waals surface area contributed by atoms with Gasteiger partial charge in [0.05, 0.1) is 5.52 Å². The van der Waals surface area contributed by atoms with Crippen LogP contribution < -0.4 is 9.84 Å². The van der Waals surface area contributed by atoms with Crippen LogP contribution in [0.4, 0.5) is 10.3 Å². The summed E-state index contributed by atoms with van der Waals surface area (Å²) >= 11 is 0. The lowest BCUT2D eigenvalue weighted by molar-refractivity contribution is -0.00603. The van der Waals surface area contributed by atoms with Crippen molar-refractivity contribution >= 4 is 16.7 Å². The van der Waals surface area contributed by atoms with Crippen molar-refractivity contribution in [1.29, 1.82) is 0 Å². The Morgan fingerprint density at radius 2 is 1.96 bits per heavy atom. The fourth-order valence-corrected chi connectivity index (χ4v) is 3.04. The zero-order chi connectivity index (χ0) is 16.5. The van der Waals surface area contributed by atoms with Gasteiger partial charge in [0, 0.05) is 47.9 Å². The number of aromatic amines is 1. The van der Waals surface area contributed by atoms with Gasteiger partial charge in [-0.2, -0.15) is 5.10 Å². The summed E-state index contributed by atoms with van der Waals surface area (Å²) in [4.78, 5) is 12.9. The molecule has 0 spiro atoms. The van der Waals surface area contributed by atoms with E-state index in [4.69, 9.17) is 0 Å². The molecule has 6 nitrogen and oxygen atoms in total. The Hall–Kier alpha value is -2.67. The zero-order valence-electron chi connectivity index (χ0n) is 13.4. The Bertz CT molecular complexity index is 857. The maximum Gasteiger partial charge on any atom is 0.172 e. The highest BCUT2D eigenvalue weighted by molar-refractivity contribution is 5.94. The predicted octanol–water partition coefficient (Wildman–Crippen LogP) is 2.64. The monoisotopic (exact) mass is 327 g/mol. The number of hydrogen-bond acceptors (Lipinski definition) is 5. The summed E-state index contributed by atoms with van der Waals surface area (Å²) in [6.07, 6.45) is 1.79. The average Bonchev–Trinajstić information content (AvgIpc) is 3.05. The maximum atomic E-state index is 12.5. The van der Waals surface area contributed by atoms with Gasteiger partial charge in [-0.25, -0.2) is 4.98 Å². The topological polar surface area (TPSA) is 57.3 Å². The Morgan fingerprint density at radius 3 is 2.75 bits per heavy atom. The lowest BCUT2D eigenvalue weighted by Crippen LogP contribution is -2.44. The molecule has 0 radical (unpaired) electrons. The van der Waals surface area contributed by atoms with Crippen LogP contribution in [0.3, 0.4) is 0 Å². The van der Waals surface area contributed by atoms with Gasteiger partial charge in [-0.15, -0.1) is 0 Å². The van der Waals surface area contributed by atoms with E-state index in [1.54, 1.807) is 24.4 Å². The molecule has 4 rings (SSSR count). The second-order valence-corrected chi connectivity index (χ2v) is 6.05. The van der Waals surface area contributed by atoms with Gasteiger partial charge in [0.1, 0.15) is 11.5 Å². The summed E-state index contributed by atoms with van der Waals surface area (Å²) in [5, 5.41) is 8.18. The van der Waals surface area contributed by atoms with Crippen molar-refractivity contribution in [3.05, 3.63) is 36.5 Å². The predicted molar refractivity (Wildman–Crippen MR) is 90.8 cm³/mol. The van der Waals surface area contributed by atoms with Gasteiger partial charge in [-0.1, -0.05) is 0 Å². The molecular weight excluding hydrogens is 309 g/mol. The fraction of sp³-hybridized carbons (Fsp3) is 0.294. The number of aromatic nitrogens is 3. The molecule has 0 unspecified atom stereocenters. The standard InChI is InChI=1S/C17H18FN5O/c1-22-6-8-23(9-7-22)16-10-12(4-5-19-16)17-14-11-13(24-18)2-3-15(14)20-21-17/h2-5,10-11H,6-9H2,1H3,(H,20,21). The quantitative estimate of drug-likeness (QED) is 0.801. The van der Waals surface area contributed by atoms with E-state index in [0.29, 0.717) is 0 Å². The molecule has 1 fully saturated rings. The minimum Gasteiger partial charge on any atom is -0.354 e. The molecule has 2 aromatic heterocycles. The molecule has 0 bridgehead atoms. The van der Waals surface area contributed by atoms with E-state index < -0.39 is 0 Å². The highest BCUT2D eigenvalue weighted by atomic mass is 19.3. The minimum absolute atomic E-state index is 0.165. The number of nitrogens with zero attached hydrogens (tertiary/aromatic N) is 4. The van der Waals surface area contributed by atoms with Gasteiger partial charge >= 0.3 is 0 Å². The largest absolute Gasteiger partial charge is 0.354 e. The summed E-state index contributed by atoms with van der Waals surface area (Å²) in [6, 6.07) is 8.90. The number of H-pyrrole nitrogens is 1. The van der Waals surface area contributed by atoms with E-state index in [-0.39, 0.29) is 5.75 Å². The first kappa shape index (κ1) is 14.9. The number of piperazine rings is 1. The third-order valence-corrected chi connectivity index (χ3v) is 4.47. The van der Waals surface area contributed by atoms with Crippen LogP contribution in [-0.4, -0.2) is 53.3 Å². The number of likely N-dealkylation sites (N-methyl/N-ethyl adjacent to an activating group) is 1. The molecule has 1 aromatic carbocycles. The first-order valence-corrected chi connectivity index (χ1v) is 7.91. The molecular formula is C17H18FN5O. The van der Waals surface area contributed by atoms with E-state index in [2.05, 4.69) is 37.0 Å². The van der Waals surface area contributed by atoms with Crippen LogP contribution in [0.25, 0.3) is 22.2 Å². The molecule has 1 saturated heterocycles. The highest BCUT2D eigenvalue weighted by Gasteiger charge is 2.17. The maximum absolute atomic E-state index is 12.5. The van der Waals surface area contributed by atoms with Gasteiger partial charge < -0.3 is 9.80 Å². The van der Waals surface area contributed by atoms with E-state index >= 15 is 0 Å². The molecule has 0 amide bonds. The summed E-state index contributed by atoms with van der Waals surface area (Å²) in [5.41, 5.74) is 2.55. The van der Waals surface area contributed by atoms with Crippen molar-refractivity contribution in [3.63, 3.8) is 0 Å². The number of anilines is 1. The Morgan fingerprint density at radius 1 is 1.12 bits per heavy atom. The highest BCUT2D eigenvalue weighted by Crippen LogP contribution is 2.30. The fourth-order valence-electron chi connectivity index (χ4n) is 3.04. The second kappa shape index (κ2) is 6.09. The molecule has 24 heavy (non-hydrogen) atoms. The van der Waals surface area contributed by atoms with Gasteiger partial charge in [0.2, 0.25) is 0 Å². The molecule has 1 aliphatic rings. The van der Waals surface area contributed by atoms with Crippen molar-refractivity contribution < 1.29 is 9.47 Å². The van der Waals surface area contributed by atoms with Crippen LogP contribution in [0, 0.1) is 0 Å². The van der Waals surface area contributed by atoms with Crippen LogP contribution in [0.2, 0.25) is 0 Å². The Labute approximate surface area is 138 Å². The summed E-state index contributed by atoms with van der Waals surface area (Å²) in [6.45, 7) is 3.95. The first-order chi connectivity index (χ1) is 11.7. The normalized spacial score (nSPS) is 15.8. The Kier molecular flexibility index (Phi) is 3.78. The molecule has 124 valence electrons. The molecule has 0 aliphatic carbocycles. The third-order valence-electron chi connectivity index (χ3n) is 4.47. The molecule has 7 heteroatoms.